The first-order valence-corrected chi connectivity index (χ1v) is 9.23. The monoisotopic (exact) mass is 343 g/mol. The Kier molecular flexibility index (Phi) is 7.33. The van der Waals surface area contributed by atoms with Crippen molar-refractivity contribution in [3.8, 4) is 5.75 Å². The average molecular weight is 344 g/mol. The second-order valence-electron chi connectivity index (χ2n) is 6.21. The topological polar surface area (TPSA) is 12.5 Å². The lowest BCUT2D eigenvalue weighted by molar-refractivity contribution is 0.0494. The van der Waals surface area contributed by atoms with Crippen LogP contribution in [-0.2, 0) is 0 Å². The molecule has 0 N–H and O–H groups in total. The fourth-order valence-electron chi connectivity index (χ4n) is 3.23. The van der Waals surface area contributed by atoms with Crippen LogP contribution in [0.5, 0.6) is 5.75 Å². The van der Waals surface area contributed by atoms with E-state index in [4.69, 9.17) is 27.9 Å². The molecule has 1 aromatic carbocycles. The summed E-state index contributed by atoms with van der Waals surface area (Å²) in [6.45, 7) is 6.81. The Morgan fingerprint density at radius 3 is 2.77 bits per heavy atom. The summed E-state index contributed by atoms with van der Waals surface area (Å²) in [7, 11) is 0. The van der Waals surface area contributed by atoms with Gasteiger partial charge in [0.25, 0.3) is 0 Å². The molecule has 2 unspecified atom stereocenters. The van der Waals surface area contributed by atoms with Crippen molar-refractivity contribution in [1.29, 1.82) is 0 Å². The third-order valence-corrected chi connectivity index (χ3v) is 5.21. The Morgan fingerprint density at radius 1 is 1.23 bits per heavy atom. The number of unbranched alkanes of at least 4 members (excludes halogenated alkanes) is 2. The maximum Gasteiger partial charge on any atom is 0.121 e. The van der Waals surface area contributed by atoms with Crippen LogP contribution < -0.4 is 4.74 Å². The minimum atomic E-state index is 0.166. The smallest absolute Gasteiger partial charge is 0.121 e. The molecular formula is C18H27Cl2NO. The molecule has 0 amide bonds. The van der Waals surface area contributed by atoms with Crippen molar-refractivity contribution < 1.29 is 4.74 Å². The standard InChI is InChI=1S/C18H27Cl2NO/c1-3-4-6-11-21-12-7-5-8-18(21)14(2)22-15-9-10-16(19)17(20)13-15/h9-10,13-14,18H,3-8,11-12H2,1-2H3. The van der Waals surface area contributed by atoms with Crippen molar-refractivity contribution in [2.24, 2.45) is 0 Å². The van der Waals surface area contributed by atoms with Gasteiger partial charge in [0, 0.05) is 12.1 Å². The molecule has 1 saturated heterocycles. The quantitative estimate of drug-likeness (QED) is 0.579. The van der Waals surface area contributed by atoms with E-state index in [-0.39, 0.29) is 6.10 Å². The number of halogens is 2. The van der Waals surface area contributed by atoms with Gasteiger partial charge in [-0.15, -0.1) is 0 Å². The van der Waals surface area contributed by atoms with Gasteiger partial charge in [0.2, 0.25) is 0 Å². The highest BCUT2D eigenvalue weighted by Gasteiger charge is 2.28. The molecule has 2 rings (SSSR count). The largest absolute Gasteiger partial charge is 0.489 e. The lowest BCUT2D eigenvalue weighted by Crippen LogP contribution is -2.48. The minimum absolute atomic E-state index is 0.166. The van der Waals surface area contributed by atoms with Gasteiger partial charge < -0.3 is 4.74 Å². The SMILES string of the molecule is CCCCCN1CCCCC1C(C)Oc1ccc(Cl)c(Cl)c1. The number of nitrogens with zero attached hydrogens (tertiary/aromatic N) is 1. The normalized spacial score (nSPS) is 20.8. The molecule has 1 heterocycles. The van der Waals surface area contributed by atoms with Gasteiger partial charge in [-0.05, 0) is 51.4 Å². The van der Waals surface area contributed by atoms with Crippen LogP contribution in [0.3, 0.4) is 0 Å². The first kappa shape index (κ1) is 17.9. The summed E-state index contributed by atoms with van der Waals surface area (Å²) in [4.78, 5) is 2.61. The van der Waals surface area contributed by atoms with E-state index in [0.29, 0.717) is 16.1 Å². The van der Waals surface area contributed by atoms with Crippen LogP contribution in [0.25, 0.3) is 0 Å². The van der Waals surface area contributed by atoms with Gasteiger partial charge in [0.1, 0.15) is 11.9 Å². The van der Waals surface area contributed by atoms with Gasteiger partial charge in [0.15, 0.2) is 0 Å². The minimum Gasteiger partial charge on any atom is -0.489 e. The highest BCUT2D eigenvalue weighted by atomic mass is 35.5. The summed E-state index contributed by atoms with van der Waals surface area (Å²) < 4.78 is 6.14. The van der Waals surface area contributed by atoms with Crippen molar-refractivity contribution in [1.82, 2.24) is 4.90 Å². The van der Waals surface area contributed by atoms with Crippen LogP contribution in [0.4, 0.5) is 0 Å². The molecule has 1 fully saturated rings. The highest BCUT2D eigenvalue weighted by molar-refractivity contribution is 6.42. The molecule has 0 radical (unpaired) electrons. The number of ether oxygens (including phenoxy) is 1. The van der Waals surface area contributed by atoms with E-state index < -0.39 is 0 Å². The van der Waals surface area contributed by atoms with Crippen LogP contribution in [-0.4, -0.2) is 30.1 Å². The van der Waals surface area contributed by atoms with Crippen LogP contribution in [0, 0.1) is 0 Å². The number of piperidine rings is 1. The van der Waals surface area contributed by atoms with E-state index in [1.54, 1.807) is 6.07 Å². The molecular weight excluding hydrogens is 317 g/mol. The maximum absolute atomic E-state index is 6.14. The second kappa shape index (κ2) is 9.00. The number of likely N-dealkylation sites (tertiary alicyclic amines) is 1. The zero-order valence-electron chi connectivity index (χ0n) is 13.7. The fourth-order valence-corrected chi connectivity index (χ4v) is 3.52. The van der Waals surface area contributed by atoms with Crippen LogP contribution in [0.1, 0.15) is 52.4 Å². The number of hydrogen-bond donors (Lipinski definition) is 0. The molecule has 0 saturated carbocycles. The van der Waals surface area contributed by atoms with Crippen molar-refractivity contribution >= 4 is 23.2 Å². The molecule has 1 aliphatic heterocycles. The molecule has 0 aliphatic carbocycles. The van der Waals surface area contributed by atoms with E-state index in [9.17, 15) is 0 Å². The Hall–Kier alpha value is -0.440. The lowest BCUT2D eigenvalue weighted by atomic mass is 9.97. The summed E-state index contributed by atoms with van der Waals surface area (Å²) >= 11 is 12.0. The average Bonchev–Trinajstić information content (AvgIpc) is 2.51. The molecule has 4 heteroatoms. The van der Waals surface area contributed by atoms with E-state index in [1.807, 2.05) is 12.1 Å². The summed E-state index contributed by atoms with van der Waals surface area (Å²) in [6.07, 6.45) is 7.85. The predicted octanol–water partition coefficient (Wildman–Crippen LogP) is 5.81. The van der Waals surface area contributed by atoms with Gasteiger partial charge in [-0.2, -0.15) is 0 Å². The third-order valence-electron chi connectivity index (χ3n) is 4.47. The Morgan fingerprint density at radius 2 is 2.05 bits per heavy atom. The second-order valence-corrected chi connectivity index (χ2v) is 7.02. The highest BCUT2D eigenvalue weighted by Crippen LogP contribution is 2.29. The lowest BCUT2D eigenvalue weighted by Gasteiger charge is -2.39. The van der Waals surface area contributed by atoms with Crippen molar-refractivity contribution in [2.75, 3.05) is 13.1 Å². The van der Waals surface area contributed by atoms with Crippen LogP contribution in [0.2, 0.25) is 10.0 Å². The van der Waals surface area contributed by atoms with E-state index in [2.05, 4.69) is 18.7 Å². The molecule has 22 heavy (non-hydrogen) atoms. The number of hydrogen-bond acceptors (Lipinski definition) is 2. The number of rotatable bonds is 7. The van der Waals surface area contributed by atoms with E-state index in [1.165, 1.54) is 51.6 Å². The molecule has 1 aliphatic rings. The van der Waals surface area contributed by atoms with E-state index in [0.717, 1.165) is 5.75 Å². The molecule has 2 nitrogen and oxygen atoms in total. The van der Waals surface area contributed by atoms with Gasteiger partial charge >= 0.3 is 0 Å². The Bertz CT molecular complexity index is 466. The summed E-state index contributed by atoms with van der Waals surface area (Å²) in [5.41, 5.74) is 0. The van der Waals surface area contributed by atoms with Gasteiger partial charge in [-0.1, -0.05) is 49.4 Å². The summed E-state index contributed by atoms with van der Waals surface area (Å²) in [6, 6.07) is 6.01. The predicted molar refractivity (Wildman–Crippen MR) is 95.3 cm³/mol. The molecule has 1 aromatic rings. The maximum atomic E-state index is 6.14. The molecule has 2 atom stereocenters. The van der Waals surface area contributed by atoms with Crippen molar-refractivity contribution in [3.63, 3.8) is 0 Å². The Balaban J connectivity index is 1.95. The third kappa shape index (κ3) is 5.04. The van der Waals surface area contributed by atoms with Crippen molar-refractivity contribution in [2.45, 2.75) is 64.5 Å². The summed E-state index contributed by atoms with van der Waals surface area (Å²) in [5, 5.41) is 1.12. The first-order valence-electron chi connectivity index (χ1n) is 8.47. The Labute approximate surface area is 144 Å². The summed E-state index contributed by atoms with van der Waals surface area (Å²) in [5.74, 6) is 0.806. The number of benzene rings is 1. The van der Waals surface area contributed by atoms with Gasteiger partial charge in [-0.3, -0.25) is 4.90 Å². The van der Waals surface area contributed by atoms with Crippen molar-refractivity contribution in [3.05, 3.63) is 28.2 Å². The molecule has 0 aromatic heterocycles. The van der Waals surface area contributed by atoms with Crippen LogP contribution in [0.15, 0.2) is 18.2 Å². The van der Waals surface area contributed by atoms with Gasteiger partial charge in [-0.25, -0.2) is 0 Å². The van der Waals surface area contributed by atoms with Crippen LogP contribution >= 0.6 is 23.2 Å². The van der Waals surface area contributed by atoms with Gasteiger partial charge in [0.05, 0.1) is 10.0 Å². The first-order chi connectivity index (χ1) is 10.6. The van der Waals surface area contributed by atoms with E-state index >= 15 is 0 Å². The zero-order chi connectivity index (χ0) is 15.9. The molecule has 0 bridgehead atoms. The zero-order valence-corrected chi connectivity index (χ0v) is 15.2. The molecule has 0 spiro atoms. The molecule has 124 valence electrons. The fraction of sp³-hybridized carbons (Fsp3) is 0.667.